The predicted octanol–water partition coefficient (Wildman–Crippen LogP) is 4.30. The Balaban J connectivity index is 1.66. The van der Waals surface area contributed by atoms with Gasteiger partial charge in [-0.25, -0.2) is 4.79 Å². The molecule has 0 bridgehead atoms. The van der Waals surface area contributed by atoms with Gasteiger partial charge in [0, 0.05) is 30.4 Å². The fraction of sp³-hybridized carbons (Fsp3) is 0.130. The van der Waals surface area contributed by atoms with Gasteiger partial charge in [0.1, 0.15) is 5.69 Å². The van der Waals surface area contributed by atoms with Crippen LogP contribution in [-0.4, -0.2) is 27.8 Å². The van der Waals surface area contributed by atoms with Crippen molar-refractivity contribution in [1.82, 2.24) is 0 Å². The maximum atomic E-state index is 12.5. The van der Waals surface area contributed by atoms with Crippen molar-refractivity contribution in [3.8, 4) is 0 Å². The van der Waals surface area contributed by atoms with Gasteiger partial charge in [-0.05, 0) is 30.7 Å². The summed E-state index contributed by atoms with van der Waals surface area (Å²) in [5, 5.41) is 27.8. The summed E-state index contributed by atoms with van der Waals surface area (Å²) >= 11 is 0. The van der Waals surface area contributed by atoms with Crippen LogP contribution in [-0.2, 0) is 16.1 Å². The largest absolute Gasteiger partial charge is 0.449 e. The first-order chi connectivity index (χ1) is 16.2. The molecule has 0 aliphatic carbocycles. The molecule has 3 rings (SSSR count). The molecule has 0 aliphatic rings. The highest BCUT2D eigenvalue weighted by molar-refractivity contribution is 5.98. The number of esters is 1. The smallest absolute Gasteiger partial charge is 0.339 e. The highest BCUT2D eigenvalue weighted by atomic mass is 16.6. The van der Waals surface area contributed by atoms with Crippen LogP contribution >= 0.6 is 0 Å². The maximum absolute atomic E-state index is 12.5. The van der Waals surface area contributed by atoms with Crippen molar-refractivity contribution in [3.63, 3.8) is 0 Å². The molecule has 0 saturated carbocycles. The third kappa shape index (κ3) is 6.13. The van der Waals surface area contributed by atoms with E-state index < -0.39 is 27.8 Å². The van der Waals surface area contributed by atoms with E-state index in [1.165, 1.54) is 37.3 Å². The second-order valence-corrected chi connectivity index (χ2v) is 7.17. The van der Waals surface area contributed by atoms with E-state index in [2.05, 4.69) is 10.6 Å². The van der Waals surface area contributed by atoms with Gasteiger partial charge >= 0.3 is 5.97 Å². The Kier molecular flexibility index (Phi) is 7.49. The molecule has 3 aromatic carbocycles. The van der Waals surface area contributed by atoms with Crippen molar-refractivity contribution in [2.45, 2.75) is 19.6 Å². The van der Waals surface area contributed by atoms with E-state index in [1.807, 2.05) is 30.3 Å². The van der Waals surface area contributed by atoms with Crippen LogP contribution in [0.15, 0.2) is 72.8 Å². The number of amides is 1. The molecule has 2 N–H and O–H groups in total. The molecule has 1 atom stereocenters. The lowest BCUT2D eigenvalue weighted by atomic mass is 10.1. The van der Waals surface area contributed by atoms with E-state index in [9.17, 15) is 29.8 Å². The van der Waals surface area contributed by atoms with Gasteiger partial charge in [0.05, 0.1) is 15.4 Å². The van der Waals surface area contributed by atoms with Crippen LogP contribution in [0.4, 0.5) is 22.7 Å². The maximum Gasteiger partial charge on any atom is 0.339 e. The number of carbonyl (C=O) groups is 2. The minimum absolute atomic E-state index is 0.105. The topological polar surface area (TPSA) is 154 Å². The number of nitro benzene ring substituents is 2. The van der Waals surface area contributed by atoms with Crippen LogP contribution in [0.3, 0.4) is 0 Å². The summed E-state index contributed by atoms with van der Waals surface area (Å²) in [6, 6.07) is 18.4. The van der Waals surface area contributed by atoms with Crippen LogP contribution in [0.2, 0.25) is 0 Å². The molecule has 11 heteroatoms. The Morgan fingerprint density at radius 3 is 2.35 bits per heavy atom. The van der Waals surface area contributed by atoms with E-state index in [0.29, 0.717) is 6.54 Å². The monoisotopic (exact) mass is 464 g/mol. The molecule has 0 fully saturated rings. The average molecular weight is 464 g/mol. The molecule has 0 radical (unpaired) electrons. The van der Waals surface area contributed by atoms with E-state index in [4.69, 9.17) is 4.74 Å². The highest BCUT2D eigenvalue weighted by Gasteiger charge is 2.23. The van der Waals surface area contributed by atoms with Gasteiger partial charge in [0.25, 0.3) is 17.3 Å². The minimum Gasteiger partial charge on any atom is -0.449 e. The lowest BCUT2D eigenvalue weighted by Gasteiger charge is -2.14. The van der Waals surface area contributed by atoms with Crippen LogP contribution in [0.25, 0.3) is 0 Å². The average Bonchev–Trinajstić information content (AvgIpc) is 2.83. The fourth-order valence-electron chi connectivity index (χ4n) is 2.98. The van der Waals surface area contributed by atoms with Crippen molar-refractivity contribution >= 4 is 34.6 Å². The lowest BCUT2D eigenvalue weighted by molar-refractivity contribution is -0.384. The van der Waals surface area contributed by atoms with Crippen LogP contribution in [0.5, 0.6) is 0 Å². The minimum atomic E-state index is -1.26. The summed E-state index contributed by atoms with van der Waals surface area (Å²) < 4.78 is 5.12. The number of non-ortho nitro benzene ring substituents is 1. The summed E-state index contributed by atoms with van der Waals surface area (Å²) in [5.74, 6) is -1.65. The van der Waals surface area contributed by atoms with Gasteiger partial charge < -0.3 is 15.4 Å². The zero-order chi connectivity index (χ0) is 24.7. The molecule has 1 unspecified atom stereocenters. The number of anilines is 2. The Hall–Kier alpha value is -4.80. The van der Waals surface area contributed by atoms with E-state index in [-0.39, 0.29) is 28.3 Å². The second-order valence-electron chi connectivity index (χ2n) is 7.17. The third-order valence-corrected chi connectivity index (χ3v) is 4.73. The van der Waals surface area contributed by atoms with Gasteiger partial charge in [-0.3, -0.25) is 25.0 Å². The number of ether oxygens (including phenoxy) is 1. The molecule has 34 heavy (non-hydrogen) atoms. The lowest BCUT2D eigenvalue weighted by Crippen LogP contribution is -2.30. The van der Waals surface area contributed by atoms with Crippen molar-refractivity contribution in [2.75, 3.05) is 10.6 Å². The first kappa shape index (κ1) is 23.9. The van der Waals surface area contributed by atoms with Gasteiger partial charge in [-0.2, -0.15) is 0 Å². The Bertz CT molecular complexity index is 1230. The molecule has 11 nitrogen and oxygen atoms in total. The molecular formula is C23H20N4O7. The number of nitrogens with one attached hydrogen (secondary N) is 2. The summed E-state index contributed by atoms with van der Waals surface area (Å²) in [4.78, 5) is 46.0. The molecule has 174 valence electrons. The molecule has 0 heterocycles. The van der Waals surface area contributed by atoms with Gasteiger partial charge in [0.2, 0.25) is 0 Å². The van der Waals surface area contributed by atoms with Crippen molar-refractivity contribution in [2.24, 2.45) is 0 Å². The van der Waals surface area contributed by atoms with Crippen LogP contribution < -0.4 is 10.6 Å². The Morgan fingerprint density at radius 2 is 1.68 bits per heavy atom. The molecule has 0 spiro atoms. The summed E-state index contributed by atoms with van der Waals surface area (Å²) in [7, 11) is 0. The number of hydrogen-bond donors (Lipinski definition) is 2. The SMILES string of the molecule is CC(OC(=O)c1ccc(NCc2ccccc2)c([N+](=O)[O-])c1)C(=O)Nc1cccc([N+](=O)[O-])c1. The Morgan fingerprint density at radius 1 is 0.941 bits per heavy atom. The fourth-order valence-corrected chi connectivity index (χ4v) is 2.98. The second kappa shape index (κ2) is 10.7. The first-order valence-corrected chi connectivity index (χ1v) is 10.1. The standard InChI is InChI=1S/C23H20N4O7/c1-15(22(28)25-18-8-5-9-19(13-18)26(30)31)34-23(29)17-10-11-20(21(12-17)27(32)33)24-14-16-6-3-2-4-7-16/h2-13,15,24H,14H2,1H3,(H,25,28). The summed E-state index contributed by atoms with van der Waals surface area (Å²) in [6.45, 7) is 1.66. The number of nitro groups is 2. The molecular weight excluding hydrogens is 444 g/mol. The van der Waals surface area contributed by atoms with Crippen molar-refractivity contribution in [1.29, 1.82) is 0 Å². The first-order valence-electron chi connectivity index (χ1n) is 10.1. The highest BCUT2D eigenvalue weighted by Crippen LogP contribution is 2.27. The summed E-state index contributed by atoms with van der Waals surface area (Å²) in [5.41, 5.74) is 0.666. The van der Waals surface area contributed by atoms with Gasteiger partial charge in [-0.15, -0.1) is 0 Å². The van der Waals surface area contributed by atoms with E-state index in [1.54, 1.807) is 0 Å². The Labute approximate surface area is 193 Å². The number of hydrogen-bond acceptors (Lipinski definition) is 8. The zero-order valence-electron chi connectivity index (χ0n) is 18.0. The number of nitrogens with zero attached hydrogens (tertiary/aromatic N) is 2. The number of benzene rings is 3. The van der Waals surface area contributed by atoms with Crippen molar-refractivity contribution < 1.29 is 24.2 Å². The van der Waals surface area contributed by atoms with Crippen LogP contribution in [0, 0.1) is 20.2 Å². The molecule has 0 aromatic heterocycles. The third-order valence-electron chi connectivity index (χ3n) is 4.73. The van der Waals surface area contributed by atoms with Gasteiger partial charge in [-0.1, -0.05) is 36.4 Å². The molecule has 0 saturated heterocycles. The molecule has 3 aromatic rings. The predicted molar refractivity (Wildman–Crippen MR) is 123 cm³/mol. The summed E-state index contributed by atoms with van der Waals surface area (Å²) in [6.07, 6.45) is -1.26. The van der Waals surface area contributed by atoms with E-state index in [0.717, 1.165) is 17.7 Å². The number of rotatable bonds is 9. The quantitative estimate of drug-likeness (QED) is 0.270. The van der Waals surface area contributed by atoms with E-state index >= 15 is 0 Å². The zero-order valence-corrected chi connectivity index (χ0v) is 18.0. The number of carbonyl (C=O) groups excluding carboxylic acids is 2. The molecule has 1 amide bonds. The van der Waals surface area contributed by atoms with Crippen molar-refractivity contribution in [3.05, 3.63) is 104 Å². The molecule has 0 aliphatic heterocycles. The normalized spacial score (nSPS) is 11.2. The van der Waals surface area contributed by atoms with Gasteiger partial charge in [0.15, 0.2) is 6.10 Å². The van der Waals surface area contributed by atoms with Crippen LogP contribution in [0.1, 0.15) is 22.8 Å².